The van der Waals surface area contributed by atoms with Crippen molar-refractivity contribution in [3.05, 3.63) is 10.1 Å². The van der Waals surface area contributed by atoms with Gasteiger partial charge in [-0.25, -0.2) is 0 Å². The van der Waals surface area contributed by atoms with Crippen LogP contribution >= 0.6 is 11.8 Å². The summed E-state index contributed by atoms with van der Waals surface area (Å²) in [5, 5.41) is 21.4. The third-order valence-electron chi connectivity index (χ3n) is 1.73. The molecule has 0 radical (unpaired) electrons. The normalized spacial score (nSPS) is 16.5. The van der Waals surface area contributed by atoms with Gasteiger partial charge in [0.15, 0.2) is 0 Å². The maximum absolute atomic E-state index is 11.5. The van der Waals surface area contributed by atoms with E-state index < -0.39 is 17.0 Å². The second-order valence-corrected chi connectivity index (χ2v) is 3.98. The molecule has 1 aromatic rings. The predicted octanol–water partition coefficient (Wildman–Crippen LogP) is -0.919. The van der Waals surface area contributed by atoms with Gasteiger partial charge in [-0.3, -0.25) is 14.9 Å². The van der Waals surface area contributed by atoms with Crippen LogP contribution in [0.2, 0.25) is 0 Å². The van der Waals surface area contributed by atoms with Gasteiger partial charge in [0.1, 0.15) is 0 Å². The van der Waals surface area contributed by atoms with Crippen LogP contribution < -0.4 is 0 Å². The third-order valence-corrected chi connectivity index (χ3v) is 2.45. The molecule has 0 fully saturated rings. The summed E-state index contributed by atoms with van der Waals surface area (Å²) >= 11 is 1.31. The van der Waals surface area contributed by atoms with Crippen LogP contribution in [-0.4, -0.2) is 48.5 Å². The lowest BCUT2D eigenvalue weighted by Gasteiger charge is -2.06. The Hall–Kier alpha value is -1.92. The van der Waals surface area contributed by atoms with E-state index in [1.54, 1.807) is 0 Å². The Balaban J connectivity index is 0.00000144. The minimum atomic E-state index is -1.71. The minimum Gasteiger partial charge on any atom is -0.412 e. The van der Waals surface area contributed by atoms with Crippen molar-refractivity contribution in [2.45, 2.75) is 18.2 Å². The second-order valence-electron chi connectivity index (χ2n) is 2.75. The zero-order chi connectivity index (χ0) is 11.7. The summed E-state index contributed by atoms with van der Waals surface area (Å²) in [4.78, 5) is 25.1. The van der Waals surface area contributed by atoms with Crippen molar-refractivity contribution in [3.63, 3.8) is 0 Å². The number of aromatic nitrogens is 3. The van der Waals surface area contributed by atoms with E-state index in [4.69, 9.17) is 0 Å². The third kappa shape index (κ3) is 2.66. The standard InChI is InChI=1S/C6H6N6O3S.2H2O/c1-2-16-6-7-5-9-8-3(12(14)15)4(13)11(5)10-6;;/h3H,2H2,1H3;2*1H2. The zero-order valence-electron chi connectivity index (χ0n) is 9.10. The molecule has 2 heterocycles. The number of hydrogen-bond donors (Lipinski definition) is 0. The summed E-state index contributed by atoms with van der Waals surface area (Å²) in [5.74, 6) is -0.127. The number of azo groups is 1. The van der Waals surface area contributed by atoms with Gasteiger partial charge >= 0.3 is 12.1 Å². The van der Waals surface area contributed by atoms with Crippen LogP contribution in [0.25, 0.3) is 0 Å². The van der Waals surface area contributed by atoms with Crippen molar-refractivity contribution in [2.24, 2.45) is 10.2 Å². The fourth-order valence-electron chi connectivity index (χ4n) is 1.09. The van der Waals surface area contributed by atoms with Gasteiger partial charge in [-0.05, 0) is 5.75 Å². The van der Waals surface area contributed by atoms with Gasteiger partial charge in [-0.2, -0.15) is 9.67 Å². The summed E-state index contributed by atoms with van der Waals surface area (Å²) in [6, 6.07) is 0. The molecule has 1 unspecified atom stereocenters. The fraction of sp³-hybridized carbons (Fsp3) is 0.500. The highest BCUT2D eigenvalue weighted by atomic mass is 32.2. The van der Waals surface area contributed by atoms with Crippen LogP contribution in [0.15, 0.2) is 15.4 Å². The van der Waals surface area contributed by atoms with Crippen LogP contribution in [0.4, 0.5) is 5.95 Å². The number of carbonyl (C=O) groups is 1. The molecular weight excluding hydrogens is 268 g/mol. The Labute approximate surface area is 104 Å². The van der Waals surface area contributed by atoms with Crippen LogP contribution in [0, 0.1) is 10.1 Å². The van der Waals surface area contributed by atoms with Crippen LogP contribution in [-0.2, 0) is 0 Å². The summed E-state index contributed by atoms with van der Waals surface area (Å²) < 4.78 is 0.818. The van der Waals surface area contributed by atoms with Crippen molar-refractivity contribution < 1.29 is 20.7 Å². The lowest BCUT2D eigenvalue weighted by Crippen LogP contribution is -2.34. The molecule has 1 atom stereocenters. The molecule has 0 amide bonds. The highest BCUT2D eigenvalue weighted by Gasteiger charge is 2.37. The van der Waals surface area contributed by atoms with E-state index in [1.807, 2.05) is 6.92 Å². The maximum Gasteiger partial charge on any atom is 0.400 e. The molecule has 0 bridgehead atoms. The van der Waals surface area contributed by atoms with Crippen molar-refractivity contribution >= 4 is 23.6 Å². The molecule has 12 heteroatoms. The molecule has 4 N–H and O–H groups in total. The Morgan fingerprint density at radius 3 is 2.72 bits per heavy atom. The first-order valence-corrected chi connectivity index (χ1v) is 5.30. The monoisotopic (exact) mass is 278 g/mol. The van der Waals surface area contributed by atoms with Gasteiger partial charge < -0.3 is 11.0 Å². The zero-order valence-corrected chi connectivity index (χ0v) is 9.92. The van der Waals surface area contributed by atoms with Crippen molar-refractivity contribution in [1.29, 1.82) is 0 Å². The van der Waals surface area contributed by atoms with Crippen LogP contribution in [0.1, 0.15) is 11.7 Å². The lowest BCUT2D eigenvalue weighted by molar-refractivity contribution is -0.505. The van der Waals surface area contributed by atoms with E-state index in [0.717, 1.165) is 10.4 Å². The Morgan fingerprint density at radius 1 is 1.50 bits per heavy atom. The van der Waals surface area contributed by atoms with E-state index in [9.17, 15) is 14.9 Å². The molecule has 2 rings (SSSR count). The number of carbonyl (C=O) groups excluding carboxylic acids is 1. The van der Waals surface area contributed by atoms with Gasteiger partial charge in [0, 0.05) is 0 Å². The number of nitro groups is 1. The van der Waals surface area contributed by atoms with E-state index in [0.29, 0.717) is 5.16 Å². The Bertz CT molecular complexity index is 487. The molecule has 100 valence electrons. The van der Waals surface area contributed by atoms with Crippen LogP contribution in [0.5, 0.6) is 0 Å². The average molecular weight is 278 g/mol. The number of thioether (sulfide) groups is 1. The highest BCUT2D eigenvalue weighted by Crippen LogP contribution is 2.22. The largest absolute Gasteiger partial charge is 0.412 e. The molecule has 0 spiro atoms. The fourth-order valence-corrected chi connectivity index (χ4v) is 1.63. The molecule has 0 aromatic carbocycles. The SMILES string of the molecule is CCSc1nc2n(n1)C(=O)C([N+](=O)[O-])N=N2.O.O. The lowest BCUT2D eigenvalue weighted by atomic mass is 10.5. The van der Waals surface area contributed by atoms with Crippen LogP contribution in [0.3, 0.4) is 0 Å². The van der Waals surface area contributed by atoms with E-state index in [-0.39, 0.29) is 16.9 Å². The molecule has 1 aliphatic heterocycles. The molecule has 0 saturated heterocycles. The highest BCUT2D eigenvalue weighted by molar-refractivity contribution is 7.99. The quantitative estimate of drug-likeness (QED) is 0.391. The first-order valence-electron chi connectivity index (χ1n) is 4.32. The summed E-state index contributed by atoms with van der Waals surface area (Å²) in [6.45, 7) is 1.90. The van der Waals surface area contributed by atoms with Crippen molar-refractivity contribution in [2.75, 3.05) is 5.75 Å². The van der Waals surface area contributed by atoms with E-state index >= 15 is 0 Å². The number of rotatable bonds is 3. The number of fused-ring (bicyclic) bond motifs is 1. The number of nitrogens with zero attached hydrogens (tertiary/aromatic N) is 6. The summed E-state index contributed by atoms with van der Waals surface area (Å²) in [6.07, 6.45) is -1.71. The second kappa shape index (κ2) is 6.13. The van der Waals surface area contributed by atoms with Crippen molar-refractivity contribution in [1.82, 2.24) is 14.8 Å². The Morgan fingerprint density at radius 2 is 2.17 bits per heavy atom. The molecule has 11 nitrogen and oxygen atoms in total. The van der Waals surface area contributed by atoms with Gasteiger partial charge in [0.25, 0.3) is 5.95 Å². The first-order chi connectivity index (χ1) is 7.63. The topological polar surface area (TPSA) is 179 Å². The summed E-state index contributed by atoms with van der Waals surface area (Å²) in [5.41, 5.74) is 0. The molecule has 0 saturated carbocycles. The van der Waals surface area contributed by atoms with Gasteiger partial charge in [0.2, 0.25) is 5.16 Å². The Kier molecular flexibility index (Phi) is 5.48. The maximum atomic E-state index is 11.5. The van der Waals surface area contributed by atoms with E-state index in [1.165, 1.54) is 11.8 Å². The molecule has 18 heavy (non-hydrogen) atoms. The molecule has 0 aliphatic carbocycles. The summed E-state index contributed by atoms with van der Waals surface area (Å²) in [7, 11) is 0. The van der Waals surface area contributed by atoms with Gasteiger partial charge in [-0.1, -0.05) is 23.8 Å². The van der Waals surface area contributed by atoms with Gasteiger partial charge in [0.05, 0.1) is 4.92 Å². The molecule has 1 aliphatic rings. The average Bonchev–Trinajstić information content (AvgIpc) is 2.62. The minimum absolute atomic E-state index is 0. The van der Waals surface area contributed by atoms with Crippen molar-refractivity contribution in [3.8, 4) is 0 Å². The van der Waals surface area contributed by atoms with Gasteiger partial charge in [-0.15, -0.1) is 10.2 Å². The first kappa shape index (κ1) is 16.1. The van der Waals surface area contributed by atoms with E-state index in [2.05, 4.69) is 20.3 Å². The number of hydrogen-bond acceptors (Lipinski definition) is 8. The molecular formula is C6H10N6O5S. The predicted molar refractivity (Wildman–Crippen MR) is 59.6 cm³/mol. The molecule has 1 aromatic heterocycles. The smallest absolute Gasteiger partial charge is 0.400 e.